The largest absolute Gasteiger partial charge is 0.380 e. The number of methoxy groups -OCH3 is 1. The van der Waals surface area contributed by atoms with Gasteiger partial charge in [-0.05, 0) is 42.3 Å². The Labute approximate surface area is 194 Å². The van der Waals surface area contributed by atoms with E-state index in [9.17, 15) is 9.18 Å². The molecule has 8 heteroatoms. The molecular weight excluding hydrogens is 498 g/mol. The van der Waals surface area contributed by atoms with Gasteiger partial charge in [-0.1, -0.05) is 18.2 Å². The second-order valence-corrected chi connectivity index (χ2v) is 6.80. The summed E-state index contributed by atoms with van der Waals surface area (Å²) in [6, 6.07) is 12.4. The molecule has 0 unspecified atom stereocenters. The van der Waals surface area contributed by atoms with Gasteiger partial charge < -0.3 is 20.3 Å². The molecule has 0 saturated heterocycles. The third-order valence-corrected chi connectivity index (χ3v) is 4.24. The summed E-state index contributed by atoms with van der Waals surface area (Å²) in [7, 11) is 5.01. The minimum absolute atomic E-state index is 0. The quantitative estimate of drug-likeness (QED) is 0.313. The number of aliphatic imine (C=N–C) groups is 1. The van der Waals surface area contributed by atoms with Gasteiger partial charge >= 0.3 is 0 Å². The van der Waals surface area contributed by atoms with Gasteiger partial charge in [0.15, 0.2) is 5.96 Å². The van der Waals surface area contributed by atoms with Crippen molar-refractivity contribution in [1.29, 1.82) is 0 Å². The fraction of sp³-hybridized carbons (Fsp3) is 0.364. The summed E-state index contributed by atoms with van der Waals surface area (Å²) in [5, 5.41) is 6.47. The first-order valence-corrected chi connectivity index (χ1v) is 9.53. The number of ether oxygens (including phenoxy) is 1. The normalized spacial score (nSPS) is 10.9. The van der Waals surface area contributed by atoms with Crippen LogP contribution in [-0.2, 0) is 24.4 Å². The predicted octanol–water partition coefficient (Wildman–Crippen LogP) is 3.55. The highest BCUT2D eigenvalue weighted by atomic mass is 127. The van der Waals surface area contributed by atoms with Gasteiger partial charge in [0.2, 0.25) is 0 Å². The molecule has 0 atom stereocenters. The molecular formula is C22H30FIN4O2. The lowest BCUT2D eigenvalue weighted by Crippen LogP contribution is -2.36. The van der Waals surface area contributed by atoms with E-state index >= 15 is 0 Å². The van der Waals surface area contributed by atoms with Crippen LogP contribution in [0.15, 0.2) is 47.5 Å². The van der Waals surface area contributed by atoms with E-state index < -0.39 is 0 Å². The average Bonchev–Trinajstić information content (AvgIpc) is 2.72. The Morgan fingerprint density at radius 1 is 1.10 bits per heavy atom. The number of carbonyl (C=O) groups is 1. The molecule has 2 aromatic carbocycles. The Hall–Kier alpha value is -2.20. The molecule has 0 radical (unpaired) electrons. The van der Waals surface area contributed by atoms with Gasteiger partial charge in [-0.25, -0.2) is 9.38 Å². The summed E-state index contributed by atoms with van der Waals surface area (Å²) < 4.78 is 18.8. The molecule has 0 saturated carbocycles. The summed E-state index contributed by atoms with van der Waals surface area (Å²) in [4.78, 5) is 18.1. The minimum Gasteiger partial charge on any atom is -0.380 e. The van der Waals surface area contributed by atoms with Crippen LogP contribution in [-0.4, -0.2) is 44.5 Å². The number of guanidine groups is 1. The summed E-state index contributed by atoms with van der Waals surface area (Å²) in [6.07, 6.45) is 0. The van der Waals surface area contributed by atoms with Crippen molar-refractivity contribution in [1.82, 2.24) is 15.5 Å². The number of halogens is 2. The maximum atomic E-state index is 13.7. The zero-order valence-electron chi connectivity index (χ0n) is 17.9. The number of rotatable bonds is 8. The fourth-order valence-corrected chi connectivity index (χ4v) is 2.71. The maximum Gasteiger partial charge on any atom is 0.253 e. The fourth-order valence-electron chi connectivity index (χ4n) is 2.71. The van der Waals surface area contributed by atoms with Crippen LogP contribution >= 0.6 is 24.0 Å². The highest BCUT2D eigenvalue weighted by Crippen LogP contribution is 2.12. The van der Waals surface area contributed by atoms with Crippen LogP contribution in [0.1, 0.15) is 34.0 Å². The molecule has 0 fully saturated rings. The molecule has 0 aliphatic rings. The smallest absolute Gasteiger partial charge is 0.253 e. The van der Waals surface area contributed by atoms with Crippen LogP contribution in [0.2, 0.25) is 0 Å². The van der Waals surface area contributed by atoms with Gasteiger partial charge in [-0.15, -0.1) is 24.0 Å². The first kappa shape index (κ1) is 25.8. The lowest BCUT2D eigenvalue weighted by atomic mass is 10.1. The van der Waals surface area contributed by atoms with E-state index in [1.54, 1.807) is 38.2 Å². The Morgan fingerprint density at radius 3 is 2.37 bits per heavy atom. The second kappa shape index (κ2) is 13.2. The van der Waals surface area contributed by atoms with E-state index in [1.165, 1.54) is 6.07 Å². The average molecular weight is 528 g/mol. The second-order valence-electron chi connectivity index (χ2n) is 6.80. The number of amides is 1. The summed E-state index contributed by atoms with van der Waals surface area (Å²) in [5.41, 5.74) is 3.12. The van der Waals surface area contributed by atoms with Crippen molar-refractivity contribution in [2.24, 2.45) is 4.99 Å². The van der Waals surface area contributed by atoms with E-state index in [1.807, 2.05) is 31.2 Å². The van der Waals surface area contributed by atoms with Gasteiger partial charge in [-0.3, -0.25) is 4.79 Å². The number of hydrogen-bond donors (Lipinski definition) is 2. The molecule has 2 rings (SSSR count). The highest BCUT2D eigenvalue weighted by molar-refractivity contribution is 14.0. The molecule has 2 N–H and O–H groups in total. The third-order valence-electron chi connectivity index (χ3n) is 4.24. The Bertz CT molecular complexity index is 842. The monoisotopic (exact) mass is 528 g/mol. The van der Waals surface area contributed by atoms with E-state index in [0.29, 0.717) is 30.2 Å². The van der Waals surface area contributed by atoms with E-state index in [4.69, 9.17) is 4.74 Å². The standard InChI is InChI=1S/C22H29FN4O2.HI/c1-5-24-22(26-14-17-8-11-20(23)19(12-17)15-29-4)25-13-16-6-9-18(10-7-16)21(28)27(2)3;/h6-12H,5,13-15H2,1-4H3,(H2,24,25,26);1H. The summed E-state index contributed by atoms with van der Waals surface area (Å²) >= 11 is 0. The molecule has 0 aromatic heterocycles. The first-order valence-electron chi connectivity index (χ1n) is 9.53. The topological polar surface area (TPSA) is 66.0 Å². The van der Waals surface area contributed by atoms with Crippen LogP contribution in [0.25, 0.3) is 0 Å². The SMILES string of the molecule is CCNC(=NCc1ccc(F)c(COC)c1)NCc1ccc(C(=O)N(C)C)cc1.I. The van der Waals surface area contributed by atoms with Crippen LogP contribution in [0.4, 0.5) is 4.39 Å². The highest BCUT2D eigenvalue weighted by Gasteiger charge is 2.08. The van der Waals surface area contributed by atoms with Gasteiger partial charge in [0.25, 0.3) is 5.91 Å². The Morgan fingerprint density at radius 2 is 1.77 bits per heavy atom. The first-order chi connectivity index (χ1) is 13.9. The van der Waals surface area contributed by atoms with Crippen molar-refractivity contribution in [3.8, 4) is 0 Å². The van der Waals surface area contributed by atoms with Crippen LogP contribution in [0.3, 0.4) is 0 Å². The molecule has 2 aromatic rings. The van der Waals surface area contributed by atoms with Crippen molar-refractivity contribution >= 4 is 35.8 Å². The van der Waals surface area contributed by atoms with Gasteiger partial charge in [0, 0.05) is 45.4 Å². The summed E-state index contributed by atoms with van der Waals surface area (Å²) in [6.45, 7) is 3.94. The van der Waals surface area contributed by atoms with Crippen molar-refractivity contribution in [2.45, 2.75) is 26.6 Å². The summed E-state index contributed by atoms with van der Waals surface area (Å²) in [5.74, 6) is 0.367. The molecule has 30 heavy (non-hydrogen) atoms. The maximum absolute atomic E-state index is 13.7. The van der Waals surface area contributed by atoms with Gasteiger partial charge in [0.1, 0.15) is 5.82 Å². The Balaban J connectivity index is 0.00000450. The predicted molar refractivity (Wildman–Crippen MR) is 129 cm³/mol. The van der Waals surface area contributed by atoms with Crippen molar-refractivity contribution in [3.63, 3.8) is 0 Å². The molecule has 0 spiro atoms. The number of benzene rings is 2. The number of nitrogens with one attached hydrogen (secondary N) is 2. The molecule has 6 nitrogen and oxygen atoms in total. The van der Waals surface area contributed by atoms with Crippen LogP contribution in [0.5, 0.6) is 0 Å². The molecule has 1 amide bonds. The van der Waals surface area contributed by atoms with E-state index in [2.05, 4.69) is 15.6 Å². The molecule has 0 aliphatic carbocycles. The zero-order chi connectivity index (χ0) is 21.2. The minimum atomic E-state index is -0.277. The molecule has 0 heterocycles. The molecule has 0 bridgehead atoms. The Kier molecular flexibility index (Phi) is 11.3. The van der Waals surface area contributed by atoms with Gasteiger partial charge in [0.05, 0.1) is 13.2 Å². The number of nitrogens with zero attached hydrogens (tertiary/aromatic N) is 2. The zero-order valence-corrected chi connectivity index (χ0v) is 20.2. The lowest BCUT2D eigenvalue weighted by molar-refractivity contribution is 0.0827. The third kappa shape index (κ3) is 7.91. The van der Waals surface area contributed by atoms with Crippen LogP contribution < -0.4 is 10.6 Å². The van der Waals surface area contributed by atoms with E-state index in [-0.39, 0.29) is 42.3 Å². The lowest BCUT2D eigenvalue weighted by Gasteiger charge is -2.13. The van der Waals surface area contributed by atoms with Crippen molar-refractivity contribution < 1.29 is 13.9 Å². The number of carbonyl (C=O) groups excluding carboxylic acids is 1. The van der Waals surface area contributed by atoms with Crippen molar-refractivity contribution in [3.05, 3.63) is 70.5 Å². The van der Waals surface area contributed by atoms with Crippen molar-refractivity contribution in [2.75, 3.05) is 27.7 Å². The molecule has 164 valence electrons. The van der Waals surface area contributed by atoms with Crippen LogP contribution in [0, 0.1) is 5.82 Å². The van der Waals surface area contributed by atoms with Gasteiger partial charge in [-0.2, -0.15) is 0 Å². The molecule has 0 aliphatic heterocycles. The van der Waals surface area contributed by atoms with E-state index in [0.717, 1.165) is 17.7 Å². The number of hydrogen-bond acceptors (Lipinski definition) is 3.